The molecular weight excluding hydrogens is 296 g/mol. The van der Waals surface area contributed by atoms with Gasteiger partial charge in [-0.15, -0.1) is 0 Å². The highest BCUT2D eigenvalue weighted by molar-refractivity contribution is 9.10. The molecule has 1 aromatic rings. The molecule has 98 valence electrons. The lowest BCUT2D eigenvalue weighted by Gasteiger charge is -2.29. The summed E-state index contributed by atoms with van der Waals surface area (Å²) >= 11 is 3.29. The minimum Gasteiger partial charge on any atom is -0.363 e. The second-order valence-corrected chi connectivity index (χ2v) is 5.95. The van der Waals surface area contributed by atoms with Gasteiger partial charge >= 0.3 is 0 Å². The third-order valence-corrected chi connectivity index (χ3v) is 4.01. The molecule has 1 aliphatic heterocycles. The zero-order chi connectivity index (χ0) is 13.3. The van der Waals surface area contributed by atoms with Crippen molar-refractivity contribution in [2.24, 2.45) is 5.92 Å². The number of halogens is 1. The number of anilines is 1. The van der Waals surface area contributed by atoms with Crippen molar-refractivity contribution >= 4 is 27.3 Å². The van der Waals surface area contributed by atoms with Crippen molar-refractivity contribution in [2.75, 3.05) is 11.4 Å². The summed E-state index contributed by atoms with van der Waals surface area (Å²) in [6.07, 6.45) is 2.22. The van der Waals surface area contributed by atoms with Gasteiger partial charge < -0.3 is 4.90 Å². The summed E-state index contributed by atoms with van der Waals surface area (Å²) in [7, 11) is 0. The summed E-state index contributed by atoms with van der Waals surface area (Å²) < 4.78 is 0.748. The van der Waals surface area contributed by atoms with Crippen LogP contribution in [0.2, 0.25) is 0 Å². The molecule has 1 fully saturated rings. The highest BCUT2D eigenvalue weighted by atomic mass is 79.9. The largest absolute Gasteiger partial charge is 0.363 e. The number of hydrogen-bond donors (Lipinski definition) is 0. The molecule has 0 aromatic heterocycles. The monoisotopic (exact) mass is 312 g/mol. The lowest BCUT2D eigenvalue weighted by atomic mass is 10.0. The predicted octanol–water partition coefficient (Wildman–Crippen LogP) is 3.98. The molecule has 0 saturated carbocycles. The molecule has 0 amide bonds. The number of nitro groups is 1. The fourth-order valence-corrected chi connectivity index (χ4v) is 3.02. The number of hydrogen-bond acceptors (Lipinski definition) is 3. The molecule has 0 N–H and O–H groups in total. The van der Waals surface area contributed by atoms with Gasteiger partial charge in [0.25, 0.3) is 5.69 Å². The van der Waals surface area contributed by atoms with Crippen molar-refractivity contribution in [3.05, 3.63) is 32.8 Å². The predicted molar refractivity (Wildman–Crippen MR) is 76.0 cm³/mol. The zero-order valence-corrected chi connectivity index (χ0v) is 12.2. The molecule has 0 aliphatic carbocycles. The van der Waals surface area contributed by atoms with Crippen LogP contribution in [-0.2, 0) is 0 Å². The second-order valence-electron chi connectivity index (χ2n) is 5.04. The van der Waals surface area contributed by atoms with E-state index in [0.717, 1.165) is 29.5 Å². The van der Waals surface area contributed by atoms with Crippen LogP contribution in [0.15, 0.2) is 22.7 Å². The smallest absolute Gasteiger partial charge is 0.293 e. The summed E-state index contributed by atoms with van der Waals surface area (Å²) in [5.41, 5.74) is 0.941. The first-order valence-electron chi connectivity index (χ1n) is 6.21. The van der Waals surface area contributed by atoms with Crippen molar-refractivity contribution in [2.45, 2.75) is 32.7 Å². The van der Waals surface area contributed by atoms with Crippen molar-refractivity contribution in [1.29, 1.82) is 0 Å². The lowest BCUT2D eigenvalue weighted by Crippen LogP contribution is -2.33. The first-order valence-corrected chi connectivity index (χ1v) is 7.00. The van der Waals surface area contributed by atoms with Crippen LogP contribution >= 0.6 is 15.9 Å². The summed E-state index contributed by atoms with van der Waals surface area (Å²) in [6.45, 7) is 5.26. The number of benzene rings is 1. The van der Waals surface area contributed by atoms with E-state index in [4.69, 9.17) is 0 Å². The molecular formula is C13H17BrN2O2. The highest BCUT2D eigenvalue weighted by Gasteiger charge is 2.31. The van der Waals surface area contributed by atoms with E-state index in [-0.39, 0.29) is 10.6 Å². The Bertz CT molecular complexity index is 462. The van der Waals surface area contributed by atoms with E-state index in [0.29, 0.717) is 12.0 Å². The maximum atomic E-state index is 11.2. The molecule has 1 aliphatic rings. The van der Waals surface area contributed by atoms with Gasteiger partial charge in [-0.3, -0.25) is 10.1 Å². The molecule has 0 spiro atoms. The van der Waals surface area contributed by atoms with Gasteiger partial charge in [0.1, 0.15) is 5.69 Å². The summed E-state index contributed by atoms with van der Waals surface area (Å²) in [6, 6.07) is 5.72. The molecule has 1 unspecified atom stereocenters. The molecule has 1 atom stereocenters. The quantitative estimate of drug-likeness (QED) is 0.626. The topological polar surface area (TPSA) is 46.4 Å². The Morgan fingerprint density at radius 3 is 2.83 bits per heavy atom. The average Bonchev–Trinajstić information content (AvgIpc) is 2.77. The van der Waals surface area contributed by atoms with Gasteiger partial charge in [-0.05, 0) is 30.9 Å². The molecule has 1 saturated heterocycles. The molecule has 0 bridgehead atoms. The Morgan fingerprint density at radius 2 is 2.22 bits per heavy atom. The molecule has 4 nitrogen and oxygen atoms in total. The van der Waals surface area contributed by atoms with Crippen LogP contribution in [0.1, 0.15) is 26.7 Å². The van der Waals surface area contributed by atoms with Crippen LogP contribution < -0.4 is 4.90 Å². The summed E-state index contributed by atoms with van der Waals surface area (Å²) in [4.78, 5) is 13.1. The SMILES string of the molecule is CC(C)C1CCCN1c1ccc(Br)cc1[N+](=O)[O-]. The third-order valence-electron chi connectivity index (χ3n) is 3.51. The first kappa shape index (κ1) is 13.3. The van der Waals surface area contributed by atoms with Crippen LogP contribution in [0.4, 0.5) is 11.4 Å². The zero-order valence-electron chi connectivity index (χ0n) is 10.6. The normalized spacial score (nSPS) is 19.6. The van der Waals surface area contributed by atoms with Gasteiger partial charge in [-0.25, -0.2) is 0 Å². The third kappa shape index (κ3) is 2.51. The van der Waals surface area contributed by atoms with Gasteiger partial charge in [0.2, 0.25) is 0 Å². The van der Waals surface area contributed by atoms with Crippen molar-refractivity contribution in [1.82, 2.24) is 0 Å². The maximum Gasteiger partial charge on any atom is 0.293 e. The van der Waals surface area contributed by atoms with Gasteiger partial charge in [0.15, 0.2) is 0 Å². The number of rotatable bonds is 3. The van der Waals surface area contributed by atoms with E-state index < -0.39 is 0 Å². The molecule has 0 radical (unpaired) electrons. The lowest BCUT2D eigenvalue weighted by molar-refractivity contribution is -0.384. The van der Waals surface area contributed by atoms with Crippen molar-refractivity contribution in [3.8, 4) is 0 Å². The molecule has 5 heteroatoms. The van der Waals surface area contributed by atoms with Gasteiger partial charge in [0, 0.05) is 23.1 Å². The van der Waals surface area contributed by atoms with E-state index >= 15 is 0 Å². The Kier molecular flexibility index (Phi) is 3.90. The van der Waals surface area contributed by atoms with E-state index in [9.17, 15) is 10.1 Å². The summed E-state index contributed by atoms with van der Waals surface area (Å²) in [5.74, 6) is 0.510. The standard InChI is InChI=1S/C13H17BrN2O2/c1-9(2)11-4-3-7-15(11)12-6-5-10(14)8-13(12)16(17)18/h5-6,8-9,11H,3-4,7H2,1-2H3. The molecule has 18 heavy (non-hydrogen) atoms. The highest BCUT2D eigenvalue weighted by Crippen LogP contribution is 2.37. The van der Waals surface area contributed by atoms with Crippen LogP contribution in [0.3, 0.4) is 0 Å². The number of nitrogens with zero attached hydrogens (tertiary/aromatic N) is 2. The van der Waals surface area contributed by atoms with Crippen LogP contribution in [-0.4, -0.2) is 17.5 Å². The van der Waals surface area contributed by atoms with Crippen LogP contribution in [0, 0.1) is 16.0 Å². The fourth-order valence-electron chi connectivity index (χ4n) is 2.67. The maximum absolute atomic E-state index is 11.2. The minimum absolute atomic E-state index is 0.192. The second kappa shape index (κ2) is 5.26. The minimum atomic E-state index is -0.296. The number of nitro benzene ring substituents is 1. The van der Waals surface area contributed by atoms with Gasteiger partial charge in [-0.1, -0.05) is 29.8 Å². The van der Waals surface area contributed by atoms with Crippen LogP contribution in [0.25, 0.3) is 0 Å². The average molecular weight is 313 g/mol. The summed E-state index contributed by atoms with van der Waals surface area (Å²) in [5, 5.41) is 11.2. The van der Waals surface area contributed by atoms with Gasteiger partial charge in [-0.2, -0.15) is 0 Å². The molecule has 1 heterocycles. The molecule has 1 aromatic carbocycles. The first-order chi connectivity index (χ1) is 8.50. The van der Waals surface area contributed by atoms with E-state index in [1.165, 1.54) is 0 Å². The Morgan fingerprint density at radius 1 is 1.50 bits per heavy atom. The molecule has 2 rings (SSSR count). The van der Waals surface area contributed by atoms with Crippen LogP contribution in [0.5, 0.6) is 0 Å². The Labute approximate surface area is 115 Å². The van der Waals surface area contributed by atoms with E-state index in [2.05, 4.69) is 34.7 Å². The Balaban J connectivity index is 2.41. The Hall–Kier alpha value is -1.10. The van der Waals surface area contributed by atoms with Crippen molar-refractivity contribution in [3.63, 3.8) is 0 Å². The van der Waals surface area contributed by atoms with E-state index in [1.807, 2.05) is 12.1 Å². The fraction of sp³-hybridized carbons (Fsp3) is 0.538. The van der Waals surface area contributed by atoms with E-state index in [1.54, 1.807) is 6.07 Å². The van der Waals surface area contributed by atoms with Gasteiger partial charge in [0.05, 0.1) is 4.92 Å². The van der Waals surface area contributed by atoms with Crippen molar-refractivity contribution < 1.29 is 4.92 Å².